The molecule has 35 heavy (non-hydrogen) atoms. The molecule has 0 unspecified atom stereocenters. The van der Waals surface area contributed by atoms with Crippen LogP contribution in [0.5, 0.6) is 0 Å². The fraction of sp³-hybridized carbons (Fsp3) is 0.393. The van der Waals surface area contributed by atoms with E-state index in [0.29, 0.717) is 25.4 Å². The molecule has 0 radical (unpaired) electrons. The number of morpholine rings is 1. The number of ether oxygens (including phenoxy) is 1. The summed E-state index contributed by atoms with van der Waals surface area (Å²) in [6, 6.07) is 15.9. The lowest BCUT2D eigenvalue weighted by molar-refractivity contribution is -0.122. The number of anilines is 3. The monoisotopic (exact) mass is 474 g/mol. The van der Waals surface area contributed by atoms with Gasteiger partial charge < -0.3 is 19.9 Å². The van der Waals surface area contributed by atoms with Crippen molar-refractivity contribution >= 4 is 39.9 Å². The van der Waals surface area contributed by atoms with Gasteiger partial charge in [-0.25, -0.2) is 4.98 Å². The molecule has 0 bridgehead atoms. The molecule has 2 heterocycles. The zero-order chi connectivity index (χ0) is 24.8. The Morgan fingerprint density at radius 3 is 2.46 bits per heavy atom. The lowest BCUT2D eigenvalue weighted by Gasteiger charge is -2.28. The number of nitrogens with one attached hydrogen (secondary N) is 1. The van der Waals surface area contributed by atoms with Gasteiger partial charge >= 0.3 is 0 Å². The van der Waals surface area contributed by atoms with E-state index in [1.807, 2.05) is 49.4 Å². The molecule has 1 aliphatic heterocycles. The van der Waals surface area contributed by atoms with Crippen molar-refractivity contribution in [2.75, 3.05) is 48.0 Å². The Morgan fingerprint density at radius 1 is 1.03 bits per heavy atom. The zero-order valence-electron chi connectivity index (χ0n) is 20.8. The first-order valence-corrected chi connectivity index (χ1v) is 12.4. The quantitative estimate of drug-likeness (QED) is 0.512. The lowest BCUT2D eigenvalue weighted by Crippen LogP contribution is -2.36. The Labute approximate surface area is 207 Å². The Kier molecular flexibility index (Phi) is 7.98. The van der Waals surface area contributed by atoms with Gasteiger partial charge in [-0.3, -0.25) is 9.59 Å². The fourth-order valence-corrected chi connectivity index (χ4v) is 4.40. The molecular formula is C28H34N4O3. The van der Waals surface area contributed by atoms with Crippen molar-refractivity contribution in [3.8, 4) is 0 Å². The number of hydrogen-bond acceptors (Lipinski definition) is 5. The summed E-state index contributed by atoms with van der Waals surface area (Å²) < 4.78 is 5.44. The summed E-state index contributed by atoms with van der Waals surface area (Å²) in [4.78, 5) is 34.2. The van der Waals surface area contributed by atoms with Crippen LogP contribution in [0.1, 0.15) is 37.8 Å². The molecule has 1 N–H and O–H groups in total. The summed E-state index contributed by atoms with van der Waals surface area (Å²) in [5, 5.41) is 3.95. The van der Waals surface area contributed by atoms with Crippen LogP contribution in [0, 0.1) is 6.92 Å². The third kappa shape index (κ3) is 5.98. The second kappa shape index (κ2) is 11.3. The number of nitrogens with zero attached hydrogens (tertiary/aromatic N) is 3. The second-order valence-electron chi connectivity index (χ2n) is 8.83. The SMILES string of the molecule is CCc1ccc(N(CC)C(=O)CCC(=O)Nc2ccc3nc(N4CCOCC4)cc(C)c3c2)cc1. The molecule has 1 fully saturated rings. The third-order valence-electron chi connectivity index (χ3n) is 6.46. The van der Waals surface area contributed by atoms with E-state index < -0.39 is 0 Å². The molecule has 1 saturated heterocycles. The highest BCUT2D eigenvalue weighted by molar-refractivity contribution is 5.99. The van der Waals surface area contributed by atoms with Crippen LogP contribution in [-0.2, 0) is 20.7 Å². The van der Waals surface area contributed by atoms with Crippen molar-refractivity contribution in [2.45, 2.75) is 40.0 Å². The van der Waals surface area contributed by atoms with Crippen molar-refractivity contribution < 1.29 is 14.3 Å². The minimum absolute atomic E-state index is 0.0545. The number of carbonyl (C=O) groups excluding carboxylic acids is 2. The van der Waals surface area contributed by atoms with Gasteiger partial charge in [0.2, 0.25) is 11.8 Å². The molecular weight excluding hydrogens is 440 g/mol. The van der Waals surface area contributed by atoms with Crippen LogP contribution in [-0.4, -0.2) is 49.6 Å². The highest BCUT2D eigenvalue weighted by Gasteiger charge is 2.17. The Hall–Kier alpha value is -3.45. The number of fused-ring (bicyclic) bond motifs is 1. The molecule has 0 spiro atoms. The molecule has 1 aromatic heterocycles. The summed E-state index contributed by atoms with van der Waals surface area (Å²) in [5.74, 6) is 0.727. The second-order valence-corrected chi connectivity index (χ2v) is 8.83. The summed E-state index contributed by atoms with van der Waals surface area (Å²) in [5.41, 5.74) is 4.81. The van der Waals surface area contributed by atoms with E-state index >= 15 is 0 Å². The van der Waals surface area contributed by atoms with Gasteiger partial charge in [0.05, 0.1) is 18.7 Å². The van der Waals surface area contributed by atoms with Crippen molar-refractivity contribution in [3.63, 3.8) is 0 Å². The van der Waals surface area contributed by atoms with Crippen molar-refractivity contribution in [3.05, 3.63) is 59.7 Å². The van der Waals surface area contributed by atoms with E-state index in [-0.39, 0.29) is 24.7 Å². The number of hydrogen-bond donors (Lipinski definition) is 1. The molecule has 0 saturated carbocycles. The fourth-order valence-electron chi connectivity index (χ4n) is 4.40. The first-order chi connectivity index (χ1) is 17.0. The van der Waals surface area contributed by atoms with Crippen LogP contribution >= 0.6 is 0 Å². The number of pyridine rings is 1. The highest BCUT2D eigenvalue weighted by Crippen LogP contribution is 2.26. The van der Waals surface area contributed by atoms with Crippen LogP contribution in [0.3, 0.4) is 0 Å². The van der Waals surface area contributed by atoms with Gasteiger partial charge in [-0.15, -0.1) is 0 Å². The topological polar surface area (TPSA) is 74.8 Å². The maximum atomic E-state index is 12.8. The highest BCUT2D eigenvalue weighted by atomic mass is 16.5. The van der Waals surface area contributed by atoms with Crippen molar-refractivity contribution in [2.24, 2.45) is 0 Å². The van der Waals surface area contributed by atoms with Crippen molar-refractivity contribution in [1.29, 1.82) is 0 Å². The van der Waals surface area contributed by atoms with Crippen LogP contribution in [0.15, 0.2) is 48.5 Å². The number of carbonyl (C=O) groups is 2. The molecule has 7 nitrogen and oxygen atoms in total. The van der Waals surface area contributed by atoms with Crippen LogP contribution < -0.4 is 15.1 Å². The van der Waals surface area contributed by atoms with Gasteiger partial charge in [-0.2, -0.15) is 0 Å². The van der Waals surface area contributed by atoms with E-state index in [2.05, 4.69) is 30.1 Å². The van der Waals surface area contributed by atoms with E-state index in [1.54, 1.807) is 4.90 Å². The maximum Gasteiger partial charge on any atom is 0.227 e. The van der Waals surface area contributed by atoms with Gasteiger partial charge in [0.1, 0.15) is 5.82 Å². The third-order valence-corrected chi connectivity index (χ3v) is 6.46. The largest absolute Gasteiger partial charge is 0.378 e. The van der Waals surface area contributed by atoms with E-state index in [9.17, 15) is 9.59 Å². The summed E-state index contributed by atoms with van der Waals surface area (Å²) in [7, 11) is 0. The molecule has 184 valence electrons. The lowest BCUT2D eigenvalue weighted by atomic mass is 10.1. The molecule has 2 aromatic carbocycles. The molecule has 4 rings (SSSR count). The number of benzene rings is 2. The van der Waals surface area contributed by atoms with E-state index in [1.165, 1.54) is 5.56 Å². The normalized spacial score (nSPS) is 13.6. The molecule has 7 heteroatoms. The summed E-state index contributed by atoms with van der Waals surface area (Å²) >= 11 is 0. The molecule has 0 atom stereocenters. The average Bonchev–Trinajstić information content (AvgIpc) is 2.89. The number of rotatable bonds is 8. The minimum atomic E-state index is -0.175. The minimum Gasteiger partial charge on any atom is -0.378 e. The average molecular weight is 475 g/mol. The number of amides is 2. The smallest absolute Gasteiger partial charge is 0.227 e. The molecule has 1 aliphatic rings. The first kappa shape index (κ1) is 24.7. The Balaban J connectivity index is 1.37. The van der Waals surface area contributed by atoms with Gasteiger partial charge in [0.15, 0.2) is 0 Å². The first-order valence-electron chi connectivity index (χ1n) is 12.4. The predicted molar refractivity (Wildman–Crippen MR) is 141 cm³/mol. The maximum absolute atomic E-state index is 12.8. The Bertz CT molecular complexity index is 1190. The zero-order valence-corrected chi connectivity index (χ0v) is 20.8. The van der Waals surface area contributed by atoms with Gasteiger partial charge in [-0.1, -0.05) is 19.1 Å². The number of aromatic nitrogens is 1. The van der Waals surface area contributed by atoms with Crippen LogP contribution in [0.4, 0.5) is 17.2 Å². The van der Waals surface area contributed by atoms with E-state index in [0.717, 1.165) is 47.5 Å². The molecule has 3 aromatic rings. The standard InChI is InChI=1S/C28H34N4O3/c1-4-21-6-9-23(10-7-21)32(5-2)28(34)13-12-27(33)29-22-8-11-25-24(19-22)20(3)18-26(30-25)31-14-16-35-17-15-31/h6-11,18-19H,4-5,12-17H2,1-3H3,(H,29,33). The van der Waals surface area contributed by atoms with Crippen molar-refractivity contribution in [1.82, 2.24) is 4.98 Å². The van der Waals surface area contributed by atoms with Gasteiger partial charge in [0.25, 0.3) is 0 Å². The van der Waals surface area contributed by atoms with Crippen LogP contribution in [0.25, 0.3) is 10.9 Å². The Morgan fingerprint density at radius 2 is 1.77 bits per heavy atom. The summed E-state index contributed by atoms with van der Waals surface area (Å²) in [6.07, 6.45) is 1.25. The van der Waals surface area contributed by atoms with Gasteiger partial charge in [0, 0.05) is 49.2 Å². The van der Waals surface area contributed by atoms with Crippen LogP contribution in [0.2, 0.25) is 0 Å². The summed E-state index contributed by atoms with van der Waals surface area (Å²) in [6.45, 7) is 9.78. The van der Waals surface area contributed by atoms with Gasteiger partial charge in [-0.05, 0) is 67.8 Å². The predicted octanol–water partition coefficient (Wildman–Crippen LogP) is 4.71. The molecule has 0 aliphatic carbocycles. The van der Waals surface area contributed by atoms with E-state index in [4.69, 9.17) is 9.72 Å². The molecule has 2 amide bonds. The number of aryl methyl sites for hydroxylation is 2.